The Kier molecular flexibility index (Phi) is 2.83. The van der Waals surface area contributed by atoms with Gasteiger partial charge in [0.1, 0.15) is 0 Å². The Morgan fingerprint density at radius 2 is 2.30 bits per heavy atom. The Morgan fingerprint density at radius 3 is 3.10 bits per heavy atom. The Bertz CT molecular complexity index is 828. The molecule has 0 saturated carbocycles. The standard InChI is InChI=1S/C11H7N5OS3/c1-6-5-16-9(12-6)19-11(15-16)20-10-14-13-8(17-10)7-3-2-4-18-7/h2-5H,1H3. The number of rotatable bonds is 3. The molecule has 0 aromatic carbocycles. The van der Waals surface area contributed by atoms with E-state index >= 15 is 0 Å². The molecule has 0 aliphatic rings. The molecule has 0 fully saturated rings. The van der Waals surface area contributed by atoms with Crippen LogP contribution in [0.1, 0.15) is 5.69 Å². The van der Waals surface area contributed by atoms with Gasteiger partial charge in [-0.15, -0.1) is 26.6 Å². The van der Waals surface area contributed by atoms with E-state index in [9.17, 15) is 0 Å². The Hall–Kier alpha value is -1.71. The van der Waals surface area contributed by atoms with Crippen LogP contribution in [0.5, 0.6) is 0 Å². The van der Waals surface area contributed by atoms with E-state index in [1.807, 2.05) is 30.6 Å². The first-order valence-corrected chi connectivity index (χ1v) is 8.17. The van der Waals surface area contributed by atoms with Gasteiger partial charge < -0.3 is 4.42 Å². The van der Waals surface area contributed by atoms with Crippen molar-refractivity contribution in [1.82, 2.24) is 24.8 Å². The first-order valence-electron chi connectivity index (χ1n) is 5.66. The summed E-state index contributed by atoms with van der Waals surface area (Å²) in [7, 11) is 0. The molecule has 4 aromatic heterocycles. The molecule has 0 N–H and O–H groups in total. The lowest BCUT2D eigenvalue weighted by Gasteiger charge is -1.87. The molecule has 0 amide bonds. The van der Waals surface area contributed by atoms with E-state index in [1.165, 1.54) is 23.1 Å². The summed E-state index contributed by atoms with van der Waals surface area (Å²) in [4.78, 5) is 6.19. The summed E-state index contributed by atoms with van der Waals surface area (Å²) >= 11 is 4.42. The monoisotopic (exact) mass is 321 g/mol. The minimum atomic E-state index is 0.488. The van der Waals surface area contributed by atoms with Crippen LogP contribution in [0.2, 0.25) is 0 Å². The summed E-state index contributed by atoms with van der Waals surface area (Å²) < 4.78 is 8.21. The van der Waals surface area contributed by atoms with E-state index in [0.29, 0.717) is 11.1 Å². The molecular formula is C11H7N5OS3. The summed E-state index contributed by atoms with van der Waals surface area (Å²) in [6.07, 6.45) is 1.89. The van der Waals surface area contributed by atoms with Crippen LogP contribution in [0.4, 0.5) is 0 Å². The number of nitrogens with zero attached hydrogens (tertiary/aromatic N) is 5. The summed E-state index contributed by atoms with van der Waals surface area (Å²) in [5.74, 6) is 0.541. The van der Waals surface area contributed by atoms with Crippen molar-refractivity contribution in [2.24, 2.45) is 0 Å². The fourth-order valence-electron chi connectivity index (χ4n) is 1.66. The zero-order chi connectivity index (χ0) is 13.5. The van der Waals surface area contributed by atoms with Gasteiger partial charge in [-0.05, 0) is 18.4 Å². The van der Waals surface area contributed by atoms with Gasteiger partial charge in [-0.1, -0.05) is 17.4 Å². The quantitative estimate of drug-likeness (QED) is 0.576. The van der Waals surface area contributed by atoms with Crippen LogP contribution in [0, 0.1) is 6.92 Å². The minimum Gasteiger partial charge on any atom is -0.410 e. The number of aryl methyl sites for hydroxylation is 1. The summed E-state index contributed by atoms with van der Waals surface area (Å²) in [5.41, 5.74) is 0.957. The maximum absolute atomic E-state index is 5.62. The molecule has 4 rings (SSSR count). The normalized spacial score (nSPS) is 11.4. The maximum atomic E-state index is 5.62. The second kappa shape index (κ2) is 4.69. The number of hydrogen-bond acceptors (Lipinski definition) is 8. The Morgan fingerprint density at radius 1 is 1.35 bits per heavy atom. The van der Waals surface area contributed by atoms with Crippen LogP contribution < -0.4 is 0 Å². The lowest BCUT2D eigenvalue weighted by molar-refractivity contribution is 0.466. The number of aromatic nitrogens is 5. The highest BCUT2D eigenvalue weighted by molar-refractivity contribution is 8.00. The van der Waals surface area contributed by atoms with Crippen molar-refractivity contribution in [3.63, 3.8) is 0 Å². The van der Waals surface area contributed by atoms with E-state index in [0.717, 1.165) is 19.9 Å². The van der Waals surface area contributed by atoms with E-state index in [2.05, 4.69) is 20.3 Å². The second-order valence-corrected chi connectivity index (χ2v) is 7.03. The largest absolute Gasteiger partial charge is 0.410 e. The molecule has 0 unspecified atom stereocenters. The van der Waals surface area contributed by atoms with Crippen LogP contribution in [0.25, 0.3) is 15.7 Å². The van der Waals surface area contributed by atoms with Gasteiger partial charge in [-0.25, -0.2) is 9.50 Å². The Labute approximate surface area is 125 Å². The summed E-state index contributed by atoms with van der Waals surface area (Å²) in [6.45, 7) is 1.94. The van der Waals surface area contributed by atoms with Gasteiger partial charge in [-0.3, -0.25) is 0 Å². The fourth-order valence-corrected chi connectivity index (χ4v) is 4.05. The molecule has 0 bridgehead atoms. The van der Waals surface area contributed by atoms with Crippen LogP contribution in [-0.4, -0.2) is 24.8 Å². The highest BCUT2D eigenvalue weighted by Gasteiger charge is 2.14. The smallest absolute Gasteiger partial charge is 0.284 e. The van der Waals surface area contributed by atoms with Crippen LogP contribution in [0.3, 0.4) is 0 Å². The predicted molar refractivity (Wildman–Crippen MR) is 77.3 cm³/mol. The van der Waals surface area contributed by atoms with Gasteiger partial charge >= 0.3 is 0 Å². The summed E-state index contributed by atoms with van der Waals surface area (Å²) in [5, 5.41) is 14.9. The number of imidazole rings is 1. The zero-order valence-corrected chi connectivity index (χ0v) is 12.6. The molecule has 20 heavy (non-hydrogen) atoms. The molecule has 0 saturated heterocycles. The zero-order valence-electron chi connectivity index (χ0n) is 10.2. The van der Waals surface area contributed by atoms with E-state index in [4.69, 9.17) is 4.42 Å². The predicted octanol–water partition coefficient (Wildman–Crippen LogP) is 3.36. The van der Waals surface area contributed by atoms with Gasteiger partial charge in [0, 0.05) is 11.8 Å². The SMILES string of the molecule is Cc1cn2nc(Sc3nnc(-c4cccs4)o3)sc2n1. The lowest BCUT2D eigenvalue weighted by atomic mass is 10.5. The van der Waals surface area contributed by atoms with Gasteiger partial charge in [0.15, 0.2) is 4.34 Å². The molecular weight excluding hydrogens is 314 g/mol. The molecule has 0 aliphatic carbocycles. The van der Waals surface area contributed by atoms with E-state index < -0.39 is 0 Å². The third-order valence-electron chi connectivity index (χ3n) is 2.46. The average Bonchev–Trinajstić information content (AvgIpc) is 3.12. The van der Waals surface area contributed by atoms with Crippen molar-refractivity contribution in [2.75, 3.05) is 0 Å². The van der Waals surface area contributed by atoms with Crippen LogP contribution in [-0.2, 0) is 0 Å². The third kappa shape index (κ3) is 2.13. The second-order valence-electron chi connectivity index (χ2n) is 3.93. The number of hydrogen-bond donors (Lipinski definition) is 0. The molecule has 0 atom stereocenters. The average molecular weight is 321 g/mol. The molecule has 0 spiro atoms. The number of fused-ring (bicyclic) bond motifs is 1. The lowest BCUT2D eigenvalue weighted by Crippen LogP contribution is -1.80. The molecule has 4 heterocycles. The van der Waals surface area contributed by atoms with Crippen molar-refractivity contribution in [1.29, 1.82) is 0 Å². The van der Waals surface area contributed by atoms with E-state index in [1.54, 1.807) is 15.9 Å². The maximum Gasteiger partial charge on any atom is 0.284 e. The summed E-state index contributed by atoms with van der Waals surface area (Å²) in [6, 6.07) is 3.90. The molecule has 4 aromatic rings. The van der Waals surface area contributed by atoms with Crippen molar-refractivity contribution in [2.45, 2.75) is 16.5 Å². The van der Waals surface area contributed by atoms with Gasteiger partial charge in [0.2, 0.25) is 4.96 Å². The third-order valence-corrected chi connectivity index (χ3v) is 5.13. The molecule has 0 radical (unpaired) electrons. The fraction of sp³-hybridized carbons (Fsp3) is 0.0909. The molecule has 6 nitrogen and oxygen atoms in total. The van der Waals surface area contributed by atoms with Gasteiger partial charge in [0.25, 0.3) is 11.1 Å². The highest BCUT2D eigenvalue weighted by Crippen LogP contribution is 2.32. The van der Waals surface area contributed by atoms with Crippen molar-refractivity contribution < 1.29 is 4.42 Å². The topological polar surface area (TPSA) is 69.1 Å². The number of thiophene rings is 1. The molecule has 9 heteroatoms. The van der Waals surface area contributed by atoms with Crippen LogP contribution in [0.15, 0.2) is 37.7 Å². The molecule has 100 valence electrons. The van der Waals surface area contributed by atoms with Crippen molar-refractivity contribution in [3.05, 3.63) is 29.4 Å². The van der Waals surface area contributed by atoms with Gasteiger partial charge in [-0.2, -0.15) is 0 Å². The first kappa shape index (κ1) is 12.1. The highest BCUT2D eigenvalue weighted by atomic mass is 32.2. The van der Waals surface area contributed by atoms with Gasteiger partial charge in [0.05, 0.1) is 16.8 Å². The Balaban J connectivity index is 1.60. The molecule has 0 aliphatic heterocycles. The van der Waals surface area contributed by atoms with Crippen molar-refractivity contribution in [3.8, 4) is 10.8 Å². The minimum absolute atomic E-state index is 0.488. The van der Waals surface area contributed by atoms with Crippen molar-refractivity contribution >= 4 is 39.4 Å². The first-order chi connectivity index (χ1) is 9.78. The van der Waals surface area contributed by atoms with E-state index in [-0.39, 0.29) is 0 Å². The van der Waals surface area contributed by atoms with Crippen LogP contribution >= 0.6 is 34.4 Å².